The molecule has 2 amide bonds. The third-order valence-corrected chi connectivity index (χ3v) is 3.35. The van der Waals surface area contributed by atoms with E-state index in [9.17, 15) is 24.9 Å². The number of phenols is 3. The minimum absolute atomic E-state index is 0.0294. The zero-order valence-corrected chi connectivity index (χ0v) is 11.2. The summed E-state index contributed by atoms with van der Waals surface area (Å²) in [6, 6.07) is 10.8. The van der Waals surface area contributed by atoms with Crippen LogP contribution < -0.4 is 5.32 Å². The molecule has 0 atom stereocenters. The number of hydrogen-bond acceptors (Lipinski definition) is 5. The van der Waals surface area contributed by atoms with E-state index in [-0.39, 0.29) is 16.7 Å². The molecule has 0 radical (unpaired) electrons. The number of carbonyl (C=O) groups excluding carboxylic acids is 2. The van der Waals surface area contributed by atoms with Crippen LogP contribution in [0.2, 0.25) is 0 Å². The fourth-order valence-corrected chi connectivity index (χ4v) is 2.36. The smallest absolute Gasteiger partial charge is 0.259 e. The predicted molar refractivity (Wildman–Crippen MR) is 77.8 cm³/mol. The van der Waals surface area contributed by atoms with Gasteiger partial charge >= 0.3 is 0 Å². The van der Waals surface area contributed by atoms with Crippen molar-refractivity contribution in [3.63, 3.8) is 0 Å². The molecular weight excluding hydrogens is 286 g/mol. The van der Waals surface area contributed by atoms with Crippen LogP contribution in [-0.4, -0.2) is 27.1 Å². The molecule has 3 rings (SSSR count). The first kappa shape index (κ1) is 13.7. The second kappa shape index (κ2) is 4.92. The number of phenolic OH excluding ortho intramolecular Hbond substituents is 3. The maximum absolute atomic E-state index is 12.1. The van der Waals surface area contributed by atoms with Crippen LogP contribution in [0.25, 0.3) is 11.1 Å². The van der Waals surface area contributed by atoms with Crippen LogP contribution in [0.15, 0.2) is 42.5 Å². The van der Waals surface area contributed by atoms with Gasteiger partial charge in [0.15, 0.2) is 17.2 Å². The fourth-order valence-electron chi connectivity index (χ4n) is 2.36. The maximum atomic E-state index is 12.1. The number of benzene rings is 2. The van der Waals surface area contributed by atoms with Gasteiger partial charge in [0.1, 0.15) is 0 Å². The highest BCUT2D eigenvalue weighted by Gasteiger charge is 2.32. The second-order valence-electron chi connectivity index (χ2n) is 4.76. The summed E-state index contributed by atoms with van der Waals surface area (Å²) in [4.78, 5) is 24.1. The zero-order chi connectivity index (χ0) is 15.9. The number of nitrogens with one attached hydrogen (secondary N) is 1. The number of hydrogen-bond donors (Lipinski definition) is 4. The van der Waals surface area contributed by atoms with E-state index in [1.54, 1.807) is 30.3 Å². The van der Waals surface area contributed by atoms with Gasteiger partial charge in [-0.3, -0.25) is 14.9 Å². The Balaban J connectivity index is 2.27. The van der Waals surface area contributed by atoms with E-state index in [0.29, 0.717) is 5.56 Å². The van der Waals surface area contributed by atoms with Crippen LogP contribution in [-0.2, 0) is 9.59 Å². The topological polar surface area (TPSA) is 107 Å². The fraction of sp³-hybridized carbons (Fsp3) is 0. The second-order valence-corrected chi connectivity index (χ2v) is 4.76. The molecule has 0 spiro atoms. The Morgan fingerprint density at radius 2 is 1.23 bits per heavy atom. The lowest BCUT2D eigenvalue weighted by molar-refractivity contribution is -0.122. The number of aromatic hydroxyl groups is 3. The number of rotatable bonds is 2. The lowest BCUT2D eigenvalue weighted by Gasteiger charge is -2.07. The summed E-state index contributed by atoms with van der Waals surface area (Å²) in [7, 11) is 0. The van der Waals surface area contributed by atoms with Crippen LogP contribution in [0, 0.1) is 0 Å². The normalized spacial score (nSPS) is 14.4. The summed E-state index contributed by atoms with van der Waals surface area (Å²) >= 11 is 0. The molecule has 2 aromatic carbocycles. The van der Waals surface area contributed by atoms with E-state index in [1.807, 2.05) is 0 Å². The van der Waals surface area contributed by atoms with Gasteiger partial charge in [-0.1, -0.05) is 30.3 Å². The van der Waals surface area contributed by atoms with Crippen molar-refractivity contribution in [1.82, 2.24) is 5.32 Å². The van der Waals surface area contributed by atoms with Gasteiger partial charge in [0.05, 0.1) is 11.1 Å². The molecule has 0 unspecified atom stereocenters. The minimum Gasteiger partial charge on any atom is -0.504 e. The van der Waals surface area contributed by atoms with Crippen molar-refractivity contribution in [2.75, 3.05) is 0 Å². The summed E-state index contributed by atoms with van der Waals surface area (Å²) in [5.74, 6) is -3.04. The van der Waals surface area contributed by atoms with Crippen molar-refractivity contribution in [3.05, 3.63) is 53.6 Å². The van der Waals surface area contributed by atoms with Crippen molar-refractivity contribution in [2.24, 2.45) is 0 Å². The summed E-state index contributed by atoms with van der Waals surface area (Å²) < 4.78 is 0. The van der Waals surface area contributed by atoms with Gasteiger partial charge in [-0.15, -0.1) is 0 Å². The van der Waals surface area contributed by atoms with E-state index in [1.165, 1.54) is 0 Å². The van der Waals surface area contributed by atoms with Crippen molar-refractivity contribution in [2.45, 2.75) is 0 Å². The first-order chi connectivity index (χ1) is 10.5. The van der Waals surface area contributed by atoms with Crippen molar-refractivity contribution < 1.29 is 24.9 Å². The van der Waals surface area contributed by atoms with E-state index in [2.05, 4.69) is 5.32 Å². The minimum atomic E-state index is -0.685. The van der Waals surface area contributed by atoms with E-state index >= 15 is 0 Å². The number of carbonyl (C=O) groups is 2. The molecule has 2 aromatic rings. The molecule has 22 heavy (non-hydrogen) atoms. The molecular formula is C16H11NO5. The average Bonchev–Trinajstić information content (AvgIpc) is 2.79. The van der Waals surface area contributed by atoms with E-state index < -0.39 is 29.1 Å². The first-order valence-corrected chi connectivity index (χ1v) is 6.39. The Morgan fingerprint density at radius 1 is 0.727 bits per heavy atom. The third kappa shape index (κ3) is 2.07. The molecule has 1 aliphatic heterocycles. The average molecular weight is 297 g/mol. The number of imide groups is 1. The molecule has 0 aromatic heterocycles. The van der Waals surface area contributed by atoms with Crippen molar-refractivity contribution in [1.29, 1.82) is 0 Å². The Hall–Kier alpha value is -3.28. The van der Waals surface area contributed by atoms with Gasteiger partial charge in [0.2, 0.25) is 0 Å². The quantitative estimate of drug-likeness (QED) is 0.495. The molecule has 0 bridgehead atoms. The Kier molecular flexibility index (Phi) is 3.06. The van der Waals surface area contributed by atoms with Crippen LogP contribution in [0.5, 0.6) is 17.2 Å². The highest BCUT2D eigenvalue weighted by Crippen LogP contribution is 2.40. The lowest BCUT2D eigenvalue weighted by atomic mass is 9.96. The summed E-state index contributed by atoms with van der Waals surface area (Å²) in [5.41, 5.74) is 0.847. The van der Waals surface area contributed by atoms with Gasteiger partial charge in [0.25, 0.3) is 11.8 Å². The van der Waals surface area contributed by atoms with Crippen LogP contribution in [0.3, 0.4) is 0 Å². The SMILES string of the molecule is O=C1NC(=O)C(c2cc(O)c(O)c(O)c2)=C1c1ccccc1. The molecule has 4 N–H and O–H groups in total. The molecule has 6 heteroatoms. The first-order valence-electron chi connectivity index (χ1n) is 6.39. The molecule has 0 saturated heterocycles. The Labute approximate surface area is 125 Å². The molecule has 1 heterocycles. The predicted octanol–water partition coefficient (Wildman–Crippen LogP) is 1.37. The highest BCUT2D eigenvalue weighted by molar-refractivity contribution is 6.49. The van der Waals surface area contributed by atoms with Crippen LogP contribution in [0.4, 0.5) is 0 Å². The zero-order valence-electron chi connectivity index (χ0n) is 11.2. The lowest BCUT2D eigenvalue weighted by Crippen LogP contribution is -2.22. The van der Waals surface area contributed by atoms with Crippen molar-refractivity contribution >= 4 is 23.0 Å². The van der Waals surface area contributed by atoms with Crippen LogP contribution >= 0.6 is 0 Å². The molecule has 0 aliphatic carbocycles. The Bertz CT molecular complexity index is 801. The number of amides is 2. The van der Waals surface area contributed by atoms with Gasteiger partial charge in [0, 0.05) is 0 Å². The van der Waals surface area contributed by atoms with Gasteiger partial charge in [-0.05, 0) is 23.3 Å². The van der Waals surface area contributed by atoms with Crippen molar-refractivity contribution in [3.8, 4) is 17.2 Å². The van der Waals surface area contributed by atoms with Gasteiger partial charge in [-0.2, -0.15) is 0 Å². The largest absolute Gasteiger partial charge is 0.504 e. The van der Waals surface area contributed by atoms with Gasteiger partial charge in [-0.25, -0.2) is 0 Å². The van der Waals surface area contributed by atoms with E-state index in [0.717, 1.165) is 12.1 Å². The summed E-state index contributed by atoms with van der Waals surface area (Å²) in [5, 5.41) is 30.8. The monoisotopic (exact) mass is 297 g/mol. The molecule has 0 saturated carbocycles. The molecule has 6 nitrogen and oxygen atoms in total. The van der Waals surface area contributed by atoms with E-state index in [4.69, 9.17) is 0 Å². The molecule has 110 valence electrons. The third-order valence-electron chi connectivity index (χ3n) is 3.35. The molecule has 0 fully saturated rings. The summed E-state index contributed by atoms with van der Waals surface area (Å²) in [6.07, 6.45) is 0. The summed E-state index contributed by atoms with van der Waals surface area (Å²) in [6.45, 7) is 0. The highest BCUT2D eigenvalue weighted by atomic mass is 16.3. The molecule has 1 aliphatic rings. The standard InChI is InChI=1S/C16H11NO5/c18-10-6-9(7-11(19)14(10)20)13-12(15(21)17-16(13)22)8-4-2-1-3-5-8/h1-7,18-20H,(H,17,21,22). The van der Waals surface area contributed by atoms with Gasteiger partial charge < -0.3 is 15.3 Å². The Morgan fingerprint density at radius 3 is 1.77 bits per heavy atom. The van der Waals surface area contributed by atoms with Crippen LogP contribution in [0.1, 0.15) is 11.1 Å². The maximum Gasteiger partial charge on any atom is 0.259 e.